The topological polar surface area (TPSA) is 78.1 Å². The Morgan fingerprint density at radius 3 is 2.72 bits per heavy atom. The number of hydrogen-bond donors (Lipinski definition) is 1. The number of hydrogen-bond acceptors (Lipinski definition) is 4. The molecule has 3 heterocycles. The summed E-state index contributed by atoms with van der Waals surface area (Å²) in [5.41, 5.74) is 1.94. The highest BCUT2D eigenvalue weighted by atomic mass is 127. The third-order valence-electron chi connectivity index (χ3n) is 5.36. The van der Waals surface area contributed by atoms with Crippen LogP contribution in [0.1, 0.15) is 17.8 Å². The van der Waals surface area contributed by atoms with Crippen molar-refractivity contribution in [3.63, 3.8) is 0 Å². The highest BCUT2D eigenvalue weighted by molar-refractivity contribution is 14.0. The first-order chi connectivity index (χ1) is 15.1. The van der Waals surface area contributed by atoms with Crippen molar-refractivity contribution in [1.82, 2.24) is 29.7 Å². The van der Waals surface area contributed by atoms with Gasteiger partial charge in [0.25, 0.3) is 0 Å². The number of benzene rings is 1. The highest BCUT2D eigenvalue weighted by Crippen LogP contribution is 2.14. The number of nitrogens with one attached hydrogen (secondary N) is 1. The third kappa shape index (κ3) is 5.89. The van der Waals surface area contributed by atoms with Gasteiger partial charge in [-0.3, -0.25) is 14.2 Å². The van der Waals surface area contributed by atoms with E-state index in [-0.39, 0.29) is 29.9 Å². The van der Waals surface area contributed by atoms with E-state index in [0.29, 0.717) is 24.7 Å². The summed E-state index contributed by atoms with van der Waals surface area (Å²) in [4.78, 5) is 20.9. The summed E-state index contributed by atoms with van der Waals surface area (Å²) in [7, 11) is 1.75. The maximum Gasteiger partial charge on any atom is 0.242 e. The van der Waals surface area contributed by atoms with Gasteiger partial charge in [-0.25, -0.2) is 0 Å². The number of nitrogens with zero attached hydrogens (tertiary/aromatic N) is 6. The van der Waals surface area contributed by atoms with Crippen LogP contribution in [-0.4, -0.2) is 69.5 Å². The summed E-state index contributed by atoms with van der Waals surface area (Å²) in [5, 5.41) is 12.5. The molecule has 0 saturated carbocycles. The molecule has 170 valence electrons. The fourth-order valence-electron chi connectivity index (χ4n) is 3.71. The van der Waals surface area contributed by atoms with Gasteiger partial charge >= 0.3 is 0 Å². The molecular formula is C22H27ClIN7O. The predicted molar refractivity (Wildman–Crippen MR) is 137 cm³/mol. The van der Waals surface area contributed by atoms with Crippen LogP contribution in [0.5, 0.6) is 0 Å². The van der Waals surface area contributed by atoms with Crippen LogP contribution in [0, 0.1) is 0 Å². The van der Waals surface area contributed by atoms with E-state index in [1.165, 1.54) is 0 Å². The SMILES string of the molecule is CN=C(NCCCc1nnc2ccccn12)N1CCN(Cc2ccc(Cl)cc2)C(=O)C1.I. The number of halogens is 2. The van der Waals surface area contributed by atoms with E-state index >= 15 is 0 Å². The van der Waals surface area contributed by atoms with Crippen molar-refractivity contribution in [1.29, 1.82) is 0 Å². The van der Waals surface area contributed by atoms with Crippen LogP contribution in [0.25, 0.3) is 5.65 Å². The van der Waals surface area contributed by atoms with Gasteiger partial charge in [-0.15, -0.1) is 34.2 Å². The van der Waals surface area contributed by atoms with Gasteiger partial charge in [0, 0.05) is 50.9 Å². The third-order valence-corrected chi connectivity index (χ3v) is 5.61. The monoisotopic (exact) mass is 567 g/mol. The van der Waals surface area contributed by atoms with E-state index < -0.39 is 0 Å². The zero-order chi connectivity index (χ0) is 21.6. The molecule has 1 aliphatic rings. The minimum atomic E-state index is 0. The Kier molecular flexibility index (Phi) is 8.68. The lowest BCUT2D eigenvalue weighted by atomic mass is 10.2. The molecule has 8 nitrogen and oxygen atoms in total. The second kappa shape index (κ2) is 11.5. The standard InChI is InChI=1S/C22H26ClN7O.HI/c1-24-22(25-11-4-6-20-27-26-19-5-2-3-12-30(19)20)29-14-13-28(21(31)16-29)15-17-7-9-18(23)10-8-17;/h2-3,5,7-10,12H,4,6,11,13-16H2,1H3,(H,24,25);1H. The van der Waals surface area contributed by atoms with Gasteiger partial charge in [-0.1, -0.05) is 29.8 Å². The molecule has 0 atom stereocenters. The van der Waals surface area contributed by atoms with Crippen molar-refractivity contribution in [3.8, 4) is 0 Å². The zero-order valence-corrected chi connectivity index (χ0v) is 21.0. The van der Waals surface area contributed by atoms with Crippen molar-refractivity contribution < 1.29 is 4.79 Å². The zero-order valence-electron chi connectivity index (χ0n) is 17.9. The summed E-state index contributed by atoms with van der Waals surface area (Å²) < 4.78 is 2.01. The smallest absolute Gasteiger partial charge is 0.242 e. The molecule has 1 aromatic carbocycles. The van der Waals surface area contributed by atoms with Crippen molar-refractivity contribution >= 4 is 53.1 Å². The highest BCUT2D eigenvalue weighted by Gasteiger charge is 2.25. The van der Waals surface area contributed by atoms with Crippen molar-refractivity contribution in [2.45, 2.75) is 19.4 Å². The Bertz CT molecular complexity index is 1070. The Balaban J connectivity index is 0.00000289. The fraction of sp³-hybridized carbons (Fsp3) is 0.364. The largest absolute Gasteiger partial charge is 0.356 e. The maximum absolute atomic E-state index is 12.7. The molecule has 1 amide bonds. The molecule has 10 heteroatoms. The quantitative estimate of drug-likeness (QED) is 0.215. The first-order valence-electron chi connectivity index (χ1n) is 10.4. The molecule has 2 aromatic heterocycles. The van der Waals surface area contributed by atoms with E-state index in [2.05, 4.69) is 20.5 Å². The molecule has 0 bridgehead atoms. The number of rotatable bonds is 6. The van der Waals surface area contributed by atoms with Crippen molar-refractivity contribution in [2.24, 2.45) is 4.99 Å². The Morgan fingerprint density at radius 2 is 1.97 bits per heavy atom. The number of carbonyl (C=O) groups excluding carboxylic acids is 1. The number of carbonyl (C=O) groups is 1. The fourth-order valence-corrected chi connectivity index (χ4v) is 3.83. The van der Waals surface area contributed by atoms with Gasteiger partial charge < -0.3 is 15.1 Å². The molecule has 0 unspecified atom stereocenters. The Hall–Kier alpha value is -2.40. The van der Waals surface area contributed by atoms with Crippen LogP contribution < -0.4 is 5.32 Å². The van der Waals surface area contributed by atoms with Crippen LogP contribution in [-0.2, 0) is 17.8 Å². The number of guanidine groups is 1. The molecule has 32 heavy (non-hydrogen) atoms. The molecule has 1 aliphatic heterocycles. The molecule has 0 radical (unpaired) electrons. The first kappa shape index (κ1) is 24.2. The number of fused-ring (bicyclic) bond motifs is 1. The number of amides is 1. The average Bonchev–Trinajstić information content (AvgIpc) is 3.20. The van der Waals surface area contributed by atoms with E-state index in [4.69, 9.17) is 11.6 Å². The minimum absolute atomic E-state index is 0. The number of aryl methyl sites for hydroxylation is 1. The van der Waals surface area contributed by atoms with Crippen LogP contribution in [0.2, 0.25) is 5.02 Å². The van der Waals surface area contributed by atoms with Gasteiger partial charge in [0.2, 0.25) is 5.91 Å². The Labute approximate surface area is 209 Å². The number of pyridine rings is 1. The normalized spacial score (nSPS) is 14.6. The number of aliphatic imine (C=N–C) groups is 1. The molecule has 1 fully saturated rings. The van der Waals surface area contributed by atoms with Crippen LogP contribution in [0.4, 0.5) is 0 Å². The van der Waals surface area contributed by atoms with E-state index in [1.807, 2.05) is 62.9 Å². The second-order valence-corrected chi connectivity index (χ2v) is 7.92. The van der Waals surface area contributed by atoms with Gasteiger partial charge in [-0.2, -0.15) is 0 Å². The summed E-state index contributed by atoms with van der Waals surface area (Å²) in [5.74, 6) is 1.79. The second-order valence-electron chi connectivity index (χ2n) is 7.49. The molecule has 3 aromatic rings. The van der Waals surface area contributed by atoms with Crippen LogP contribution in [0.3, 0.4) is 0 Å². The molecule has 0 aliphatic carbocycles. The summed E-state index contributed by atoms with van der Waals surface area (Å²) in [6.45, 7) is 3.07. The number of aromatic nitrogens is 3. The molecule has 1 N–H and O–H groups in total. The van der Waals surface area contributed by atoms with Gasteiger partial charge in [0.05, 0.1) is 6.54 Å². The Morgan fingerprint density at radius 1 is 1.16 bits per heavy atom. The van der Waals surface area contributed by atoms with Gasteiger partial charge in [0.1, 0.15) is 5.82 Å². The van der Waals surface area contributed by atoms with Crippen molar-refractivity contribution in [3.05, 3.63) is 65.1 Å². The van der Waals surface area contributed by atoms with E-state index in [9.17, 15) is 4.79 Å². The summed E-state index contributed by atoms with van der Waals surface area (Å²) in [6.07, 6.45) is 3.67. The molecule has 0 spiro atoms. The lowest BCUT2D eigenvalue weighted by Crippen LogP contribution is -2.55. The predicted octanol–water partition coefficient (Wildman–Crippen LogP) is 2.85. The maximum atomic E-state index is 12.7. The lowest BCUT2D eigenvalue weighted by Gasteiger charge is -2.36. The van der Waals surface area contributed by atoms with Gasteiger partial charge in [-0.05, 0) is 36.2 Å². The summed E-state index contributed by atoms with van der Waals surface area (Å²) in [6, 6.07) is 13.5. The lowest BCUT2D eigenvalue weighted by molar-refractivity contribution is -0.135. The first-order valence-corrected chi connectivity index (χ1v) is 10.8. The van der Waals surface area contributed by atoms with Crippen LogP contribution >= 0.6 is 35.6 Å². The van der Waals surface area contributed by atoms with E-state index in [1.54, 1.807) is 7.05 Å². The molecule has 4 rings (SSSR count). The van der Waals surface area contributed by atoms with E-state index in [0.717, 1.165) is 48.9 Å². The van der Waals surface area contributed by atoms with Gasteiger partial charge in [0.15, 0.2) is 11.6 Å². The van der Waals surface area contributed by atoms with Crippen molar-refractivity contribution in [2.75, 3.05) is 33.2 Å². The average molecular weight is 568 g/mol. The number of piperazine rings is 1. The molecule has 1 saturated heterocycles. The summed E-state index contributed by atoms with van der Waals surface area (Å²) >= 11 is 5.94. The minimum Gasteiger partial charge on any atom is -0.356 e. The van der Waals surface area contributed by atoms with Crippen LogP contribution in [0.15, 0.2) is 53.7 Å². The molecular weight excluding hydrogens is 541 g/mol.